The zero-order valence-corrected chi connectivity index (χ0v) is 18.7. The van der Waals surface area contributed by atoms with Crippen molar-refractivity contribution >= 4 is 11.8 Å². The fraction of sp³-hybridized carbons (Fsp3) is 0.385. The fourth-order valence-corrected chi connectivity index (χ4v) is 3.99. The highest BCUT2D eigenvalue weighted by Crippen LogP contribution is 2.25. The smallest absolute Gasteiger partial charge is 0.258 e. The van der Waals surface area contributed by atoms with Crippen molar-refractivity contribution in [2.24, 2.45) is 5.92 Å². The lowest BCUT2D eigenvalue weighted by Crippen LogP contribution is -2.51. The largest absolute Gasteiger partial charge is 0.490 e. The summed E-state index contributed by atoms with van der Waals surface area (Å²) < 4.78 is 6.09. The molecule has 0 saturated carbocycles. The summed E-state index contributed by atoms with van der Waals surface area (Å²) in [5.74, 6) is 0.112. The molecule has 0 unspecified atom stereocenters. The van der Waals surface area contributed by atoms with Gasteiger partial charge in [0.1, 0.15) is 11.8 Å². The number of hydrogen-bond acceptors (Lipinski definition) is 3. The molecule has 2 amide bonds. The third kappa shape index (κ3) is 5.54. The molecule has 0 bridgehead atoms. The van der Waals surface area contributed by atoms with Gasteiger partial charge in [-0.25, -0.2) is 0 Å². The van der Waals surface area contributed by atoms with Crippen LogP contribution in [0, 0.1) is 5.92 Å². The van der Waals surface area contributed by atoms with E-state index in [1.807, 2.05) is 69.3 Å². The number of nitrogens with one attached hydrogen (secondary N) is 1. The maximum Gasteiger partial charge on any atom is 0.258 e. The van der Waals surface area contributed by atoms with Crippen LogP contribution in [0.4, 0.5) is 0 Å². The summed E-state index contributed by atoms with van der Waals surface area (Å²) in [5.41, 5.74) is 1.51. The van der Waals surface area contributed by atoms with E-state index in [1.165, 1.54) is 4.90 Å². The first-order valence-electron chi connectivity index (χ1n) is 10.9. The first-order chi connectivity index (χ1) is 14.9. The summed E-state index contributed by atoms with van der Waals surface area (Å²) >= 11 is 0. The van der Waals surface area contributed by atoms with Crippen LogP contribution in [0.15, 0.2) is 66.7 Å². The van der Waals surface area contributed by atoms with E-state index in [9.17, 15) is 9.59 Å². The Morgan fingerprint density at radius 1 is 0.968 bits per heavy atom. The topological polar surface area (TPSA) is 58.6 Å². The fourth-order valence-electron chi connectivity index (χ4n) is 3.99. The van der Waals surface area contributed by atoms with E-state index in [1.54, 1.807) is 13.1 Å². The highest BCUT2D eigenvalue weighted by Gasteiger charge is 2.33. The molecule has 0 aromatic heterocycles. The van der Waals surface area contributed by atoms with Gasteiger partial charge >= 0.3 is 0 Å². The summed E-state index contributed by atoms with van der Waals surface area (Å²) in [6, 6.07) is 16.4. The SMILES string of the molecule is CC(C)[C@H]1C(=O)N[C@@H](c2ccccc2)C/C=C\C[C@H](C)Oc2ccccc2C(=O)N1C. The number of likely N-dealkylation sites (N-methyl/N-ethyl adjacent to an activating group) is 1. The van der Waals surface area contributed by atoms with Gasteiger partial charge in [-0.05, 0) is 37.0 Å². The lowest BCUT2D eigenvalue weighted by molar-refractivity contribution is -0.127. The van der Waals surface area contributed by atoms with Gasteiger partial charge in [0.15, 0.2) is 0 Å². The average Bonchev–Trinajstić information content (AvgIpc) is 2.75. The minimum Gasteiger partial charge on any atom is -0.490 e. The summed E-state index contributed by atoms with van der Waals surface area (Å²) in [7, 11) is 1.69. The molecular formula is C26H32N2O3. The number of benzene rings is 2. The molecule has 1 aliphatic rings. The van der Waals surface area contributed by atoms with Crippen LogP contribution in [0.2, 0.25) is 0 Å². The number of amides is 2. The van der Waals surface area contributed by atoms with Gasteiger partial charge in [0.05, 0.1) is 17.7 Å². The van der Waals surface area contributed by atoms with Crippen molar-refractivity contribution in [2.45, 2.75) is 51.8 Å². The van der Waals surface area contributed by atoms with Gasteiger partial charge in [0.2, 0.25) is 5.91 Å². The summed E-state index contributed by atoms with van der Waals surface area (Å²) in [6.07, 6.45) is 5.47. The first-order valence-corrected chi connectivity index (χ1v) is 10.9. The number of carbonyl (C=O) groups excluding carboxylic acids is 2. The number of fused-ring (bicyclic) bond motifs is 1. The predicted octanol–water partition coefficient (Wildman–Crippen LogP) is 4.76. The number of para-hydroxylation sites is 1. The quantitative estimate of drug-likeness (QED) is 0.713. The van der Waals surface area contributed by atoms with E-state index in [-0.39, 0.29) is 29.9 Å². The van der Waals surface area contributed by atoms with Crippen molar-refractivity contribution in [3.05, 3.63) is 77.9 Å². The van der Waals surface area contributed by atoms with E-state index in [4.69, 9.17) is 4.74 Å². The Hall–Kier alpha value is -3.08. The molecule has 1 aliphatic heterocycles. The maximum absolute atomic E-state index is 13.4. The molecule has 3 rings (SSSR count). The third-order valence-corrected chi connectivity index (χ3v) is 5.61. The van der Waals surface area contributed by atoms with E-state index >= 15 is 0 Å². The Balaban J connectivity index is 1.99. The van der Waals surface area contributed by atoms with Crippen LogP contribution in [-0.4, -0.2) is 35.9 Å². The monoisotopic (exact) mass is 420 g/mol. The number of nitrogens with zero attached hydrogens (tertiary/aromatic N) is 1. The molecule has 5 heteroatoms. The number of hydrogen-bond donors (Lipinski definition) is 1. The Morgan fingerprint density at radius 3 is 2.32 bits per heavy atom. The molecule has 5 nitrogen and oxygen atoms in total. The minimum atomic E-state index is -0.601. The number of rotatable bonds is 2. The number of ether oxygens (including phenoxy) is 1. The lowest BCUT2D eigenvalue weighted by atomic mass is 9.98. The summed E-state index contributed by atoms with van der Waals surface area (Å²) in [4.78, 5) is 28.3. The molecule has 0 saturated heterocycles. The molecule has 0 aliphatic carbocycles. The van der Waals surface area contributed by atoms with Crippen LogP contribution in [-0.2, 0) is 4.79 Å². The van der Waals surface area contributed by atoms with E-state index in [2.05, 4.69) is 17.5 Å². The van der Waals surface area contributed by atoms with Crippen LogP contribution in [0.5, 0.6) is 5.75 Å². The van der Waals surface area contributed by atoms with Crippen molar-refractivity contribution in [3.8, 4) is 5.75 Å². The van der Waals surface area contributed by atoms with E-state index in [0.717, 1.165) is 5.56 Å². The average molecular weight is 421 g/mol. The minimum absolute atomic E-state index is 0.0548. The van der Waals surface area contributed by atoms with Gasteiger partial charge in [0.25, 0.3) is 5.91 Å². The van der Waals surface area contributed by atoms with Gasteiger partial charge in [-0.3, -0.25) is 9.59 Å². The zero-order chi connectivity index (χ0) is 22.4. The first kappa shape index (κ1) is 22.6. The van der Waals surface area contributed by atoms with Crippen molar-refractivity contribution in [3.63, 3.8) is 0 Å². The lowest BCUT2D eigenvalue weighted by Gasteiger charge is -2.32. The Bertz CT molecular complexity index is 923. The van der Waals surface area contributed by atoms with Crippen molar-refractivity contribution in [2.75, 3.05) is 7.05 Å². The molecule has 3 atom stereocenters. The second kappa shape index (κ2) is 10.3. The van der Waals surface area contributed by atoms with Crippen molar-refractivity contribution in [1.82, 2.24) is 10.2 Å². The van der Waals surface area contributed by atoms with Crippen LogP contribution >= 0.6 is 0 Å². The van der Waals surface area contributed by atoms with Crippen molar-refractivity contribution < 1.29 is 14.3 Å². The van der Waals surface area contributed by atoms with Gasteiger partial charge in [-0.2, -0.15) is 0 Å². The third-order valence-electron chi connectivity index (χ3n) is 5.61. The molecule has 1 heterocycles. The Morgan fingerprint density at radius 2 is 1.61 bits per heavy atom. The second-order valence-corrected chi connectivity index (χ2v) is 8.44. The summed E-state index contributed by atoms with van der Waals surface area (Å²) in [6.45, 7) is 5.91. The molecule has 31 heavy (non-hydrogen) atoms. The highest BCUT2D eigenvalue weighted by atomic mass is 16.5. The molecular weight excluding hydrogens is 388 g/mol. The molecule has 0 spiro atoms. The molecule has 0 fully saturated rings. The molecule has 2 aromatic rings. The second-order valence-electron chi connectivity index (χ2n) is 8.44. The molecule has 0 radical (unpaired) electrons. The number of carbonyl (C=O) groups is 2. The standard InChI is InChI=1S/C26H32N2O3/c1-18(2)24-25(29)27-22(20-13-6-5-7-14-20)16-10-8-12-19(3)31-23-17-11-9-15-21(23)26(30)28(24)4/h5-11,13-15,17-19,22,24H,12,16H2,1-4H3,(H,27,29)/b10-8-/t19-,22+,24-/m0/s1. The zero-order valence-electron chi connectivity index (χ0n) is 18.7. The van der Waals surface area contributed by atoms with E-state index in [0.29, 0.717) is 24.2 Å². The van der Waals surface area contributed by atoms with Crippen LogP contribution in [0.25, 0.3) is 0 Å². The molecule has 2 aromatic carbocycles. The molecule has 164 valence electrons. The van der Waals surface area contributed by atoms with Crippen LogP contribution in [0.1, 0.15) is 55.6 Å². The highest BCUT2D eigenvalue weighted by molar-refractivity contribution is 5.99. The Labute approximate surface area is 185 Å². The predicted molar refractivity (Wildman–Crippen MR) is 123 cm³/mol. The summed E-state index contributed by atoms with van der Waals surface area (Å²) in [5, 5.41) is 3.19. The van der Waals surface area contributed by atoms with E-state index < -0.39 is 6.04 Å². The van der Waals surface area contributed by atoms with Crippen LogP contribution in [0.3, 0.4) is 0 Å². The molecule has 1 N–H and O–H groups in total. The normalized spacial score (nSPS) is 24.0. The maximum atomic E-state index is 13.4. The van der Waals surface area contributed by atoms with Crippen LogP contribution < -0.4 is 10.1 Å². The Kier molecular flexibility index (Phi) is 7.50. The van der Waals surface area contributed by atoms with Gasteiger partial charge in [0, 0.05) is 13.5 Å². The van der Waals surface area contributed by atoms with Gasteiger partial charge < -0.3 is 15.0 Å². The van der Waals surface area contributed by atoms with Gasteiger partial charge in [-0.15, -0.1) is 0 Å². The van der Waals surface area contributed by atoms with Gasteiger partial charge in [-0.1, -0.05) is 68.5 Å². The van der Waals surface area contributed by atoms with Crippen molar-refractivity contribution in [1.29, 1.82) is 0 Å².